The fourth-order valence-electron chi connectivity index (χ4n) is 1.71. The molecule has 0 spiro atoms. The Morgan fingerprint density at radius 1 is 0.857 bits per heavy atom. The molecule has 0 saturated heterocycles. The van der Waals surface area contributed by atoms with Crippen LogP contribution in [0.1, 0.15) is 5.56 Å². The Morgan fingerprint density at radius 3 is 1.67 bits per heavy atom. The summed E-state index contributed by atoms with van der Waals surface area (Å²) in [4.78, 5) is -0.205. The Labute approximate surface area is 119 Å². The number of methoxy groups -OCH3 is 1. The molecule has 0 unspecified atom stereocenters. The Balaban J connectivity index is 2.39. The minimum Gasteiger partial charge on any atom is -0.497 e. The van der Waals surface area contributed by atoms with Crippen molar-refractivity contribution in [1.29, 1.82) is 0 Å². The minimum atomic E-state index is -4.50. The van der Waals surface area contributed by atoms with Crippen molar-refractivity contribution in [2.45, 2.75) is 16.0 Å². The van der Waals surface area contributed by atoms with Crippen molar-refractivity contribution in [1.82, 2.24) is 0 Å². The van der Waals surface area contributed by atoms with Crippen LogP contribution in [0.15, 0.2) is 58.3 Å². The summed E-state index contributed by atoms with van der Waals surface area (Å²) in [6.07, 6.45) is -4.50. The van der Waals surface area contributed by atoms with Crippen molar-refractivity contribution in [3.8, 4) is 5.75 Å². The number of hydrogen-bond donors (Lipinski definition) is 0. The van der Waals surface area contributed by atoms with Crippen LogP contribution >= 0.6 is 0 Å². The maximum Gasteiger partial charge on any atom is 0.416 e. The van der Waals surface area contributed by atoms with Crippen LogP contribution in [0.3, 0.4) is 0 Å². The van der Waals surface area contributed by atoms with E-state index in [1.165, 1.54) is 31.4 Å². The first-order valence-electron chi connectivity index (χ1n) is 5.81. The number of hydrogen-bond acceptors (Lipinski definition) is 3. The lowest BCUT2D eigenvalue weighted by Gasteiger charge is -2.09. The van der Waals surface area contributed by atoms with Crippen molar-refractivity contribution in [2.24, 2.45) is 0 Å². The topological polar surface area (TPSA) is 43.4 Å². The van der Waals surface area contributed by atoms with Gasteiger partial charge in [0.1, 0.15) is 5.75 Å². The van der Waals surface area contributed by atoms with Gasteiger partial charge in [0.2, 0.25) is 9.84 Å². The second-order valence-corrected chi connectivity index (χ2v) is 6.15. The highest BCUT2D eigenvalue weighted by Crippen LogP contribution is 2.31. The largest absolute Gasteiger partial charge is 0.497 e. The van der Waals surface area contributed by atoms with E-state index in [-0.39, 0.29) is 9.79 Å². The molecule has 0 saturated carbocycles. The maximum absolute atomic E-state index is 12.5. The first-order valence-corrected chi connectivity index (χ1v) is 7.30. The summed E-state index contributed by atoms with van der Waals surface area (Å²) in [5, 5.41) is 0. The van der Waals surface area contributed by atoms with Crippen molar-refractivity contribution in [2.75, 3.05) is 7.11 Å². The smallest absolute Gasteiger partial charge is 0.416 e. The van der Waals surface area contributed by atoms with Gasteiger partial charge in [-0.2, -0.15) is 13.2 Å². The van der Waals surface area contributed by atoms with Gasteiger partial charge in [-0.05, 0) is 48.5 Å². The summed E-state index contributed by atoms with van der Waals surface area (Å²) >= 11 is 0. The molecule has 2 rings (SSSR count). The van der Waals surface area contributed by atoms with Crippen molar-refractivity contribution in [3.63, 3.8) is 0 Å². The predicted molar refractivity (Wildman–Crippen MR) is 69.9 cm³/mol. The molecule has 112 valence electrons. The van der Waals surface area contributed by atoms with Gasteiger partial charge in [-0.1, -0.05) is 0 Å². The Morgan fingerprint density at radius 2 is 1.29 bits per heavy atom. The first-order chi connectivity index (χ1) is 9.75. The third-order valence-corrected chi connectivity index (χ3v) is 4.65. The van der Waals surface area contributed by atoms with Gasteiger partial charge < -0.3 is 4.74 Å². The molecule has 0 fully saturated rings. The highest BCUT2D eigenvalue weighted by molar-refractivity contribution is 7.91. The molecule has 0 aliphatic rings. The van der Waals surface area contributed by atoms with Gasteiger partial charge >= 0.3 is 6.18 Å². The minimum absolute atomic E-state index is 0.0111. The summed E-state index contributed by atoms with van der Waals surface area (Å²) in [5.74, 6) is 0.487. The number of sulfone groups is 1. The van der Waals surface area contributed by atoms with Gasteiger partial charge in [-0.25, -0.2) is 8.42 Å². The summed E-state index contributed by atoms with van der Waals surface area (Å²) in [7, 11) is -2.41. The molecule has 0 radical (unpaired) electrons. The number of rotatable bonds is 3. The van der Waals surface area contributed by atoms with Crippen LogP contribution in [-0.4, -0.2) is 15.5 Å². The molecule has 2 aromatic rings. The highest BCUT2D eigenvalue weighted by atomic mass is 32.2. The van der Waals surface area contributed by atoms with Crippen LogP contribution in [0.2, 0.25) is 0 Å². The molecular weight excluding hydrogens is 305 g/mol. The number of ether oxygens (including phenoxy) is 1. The van der Waals surface area contributed by atoms with E-state index in [1.807, 2.05) is 0 Å². The van der Waals surface area contributed by atoms with Crippen LogP contribution in [-0.2, 0) is 16.0 Å². The molecule has 0 aromatic heterocycles. The second kappa shape index (κ2) is 5.40. The van der Waals surface area contributed by atoms with E-state index >= 15 is 0 Å². The SMILES string of the molecule is COc1ccc(S(=O)(=O)c2ccc(C(F)(F)F)cc2)cc1. The fraction of sp³-hybridized carbons (Fsp3) is 0.143. The lowest BCUT2D eigenvalue weighted by atomic mass is 10.2. The zero-order chi connectivity index (χ0) is 15.7. The van der Waals surface area contributed by atoms with E-state index in [9.17, 15) is 21.6 Å². The molecule has 0 atom stereocenters. The molecule has 7 heteroatoms. The molecule has 0 aliphatic heterocycles. The third kappa shape index (κ3) is 3.18. The van der Waals surface area contributed by atoms with Crippen molar-refractivity contribution >= 4 is 9.84 Å². The molecule has 0 amide bonds. The van der Waals surface area contributed by atoms with Gasteiger partial charge in [0, 0.05) is 0 Å². The van der Waals surface area contributed by atoms with Gasteiger partial charge in [0.25, 0.3) is 0 Å². The summed E-state index contributed by atoms with van der Waals surface area (Å²) in [5.41, 5.74) is -0.892. The zero-order valence-electron chi connectivity index (χ0n) is 10.9. The number of halogens is 3. The lowest BCUT2D eigenvalue weighted by molar-refractivity contribution is -0.137. The van der Waals surface area contributed by atoms with Crippen LogP contribution in [0.25, 0.3) is 0 Å². The molecule has 21 heavy (non-hydrogen) atoms. The number of benzene rings is 2. The van der Waals surface area contributed by atoms with Crippen molar-refractivity contribution < 1.29 is 26.3 Å². The van der Waals surface area contributed by atoms with Crippen LogP contribution in [0, 0.1) is 0 Å². The molecular formula is C14H11F3O3S. The van der Waals surface area contributed by atoms with Gasteiger partial charge in [0.05, 0.1) is 22.5 Å². The van der Waals surface area contributed by atoms with E-state index in [4.69, 9.17) is 4.74 Å². The molecule has 0 heterocycles. The van der Waals surface area contributed by atoms with Crippen molar-refractivity contribution in [3.05, 3.63) is 54.1 Å². The summed E-state index contributed by atoms with van der Waals surface area (Å²) in [6, 6.07) is 9.00. The molecule has 3 nitrogen and oxygen atoms in total. The van der Waals surface area contributed by atoms with Gasteiger partial charge in [-0.15, -0.1) is 0 Å². The zero-order valence-corrected chi connectivity index (χ0v) is 11.7. The predicted octanol–water partition coefficient (Wildman–Crippen LogP) is 3.55. The van der Waals surface area contributed by atoms with E-state index in [1.54, 1.807) is 0 Å². The maximum atomic E-state index is 12.5. The third-order valence-electron chi connectivity index (χ3n) is 2.86. The van der Waals surface area contributed by atoms with Crippen LogP contribution in [0.4, 0.5) is 13.2 Å². The first kappa shape index (κ1) is 15.4. The highest BCUT2D eigenvalue weighted by Gasteiger charge is 2.30. The Kier molecular flexibility index (Phi) is 3.95. The standard InChI is InChI=1S/C14H11F3O3S/c1-20-11-4-8-13(9-5-11)21(18,19)12-6-2-10(3-7-12)14(15,16)17/h2-9H,1H3. The monoisotopic (exact) mass is 316 g/mol. The van der Waals surface area contributed by atoms with Gasteiger partial charge in [-0.3, -0.25) is 0 Å². The Bertz CT molecular complexity index is 718. The van der Waals surface area contributed by atoms with E-state index in [2.05, 4.69) is 0 Å². The van der Waals surface area contributed by atoms with E-state index < -0.39 is 21.6 Å². The second-order valence-electron chi connectivity index (χ2n) is 4.20. The molecule has 0 aliphatic carbocycles. The average molecular weight is 316 g/mol. The molecule has 2 aromatic carbocycles. The van der Waals surface area contributed by atoms with E-state index in [0.29, 0.717) is 5.75 Å². The van der Waals surface area contributed by atoms with Crippen LogP contribution in [0.5, 0.6) is 5.75 Å². The summed E-state index contributed by atoms with van der Waals surface area (Å²) < 4.78 is 66.8. The summed E-state index contributed by atoms with van der Waals surface area (Å²) in [6.45, 7) is 0. The number of alkyl halides is 3. The molecule has 0 N–H and O–H groups in total. The van der Waals surface area contributed by atoms with E-state index in [0.717, 1.165) is 24.3 Å². The van der Waals surface area contributed by atoms with Gasteiger partial charge in [0.15, 0.2) is 0 Å². The lowest BCUT2D eigenvalue weighted by Crippen LogP contribution is -2.06. The average Bonchev–Trinajstić information content (AvgIpc) is 2.46. The van der Waals surface area contributed by atoms with Crippen LogP contribution < -0.4 is 4.74 Å². The normalized spacial score (nSPS) is 12.2. The quantitative estimate of drug-likeness (QED) is 0.870. The Hall–Kier alpha value is -2.02. The molecule has 0 bridgehead atoms. The fourth-order valence-corrected chi connectivity index (χ4v) is 2.97.